The van der Waals surface area contributed by atoms with Crippen LogP contribution in [0, 0.1) is 11.6 Å². The maximum absolute atomic E-state index is 13.8. The Morgan fingerprint density at radius 1 is 0.897 bits per heavy atom. The van der Waals surface area contributed by atoms with Crippen LogP contribution in [0.4, 0.5) is 8.78 Å². The van der Waals surface area contributed by atoms with Gasteiger partial charge in [-0.25, -0.2) is 8.78 Å². The van der Waals surface area contributed by atoms with Gasteiger partial charge in [-0.2, -0.15) is 0 Å². The lowest BCUT2D eigenvalue weighted by Gasteiger charge is -2.41. The molecule has 0 aliphatic carbocycles. The highest BCUT2D eigenvalue weighted by Gasteiger charge is 2.30. The largest absolute Gasteiger partial charge is 0.487 e. The first-order valence-electron chi connectivity index (χ1n) is 10.3. The van der Waals surface area contributed by atoms with E-state index >= 15 is 0 Å². The molecule has 0 N–H and O–H groups in total. The first-order chi connectivity index (χ1) is 14.1. The second kappa shape index (κ2) is 8.91. The van der Waals surface area contributed by atoms with Crippen molar-refractivity contribution >= 4 is 5.91 Å². The molecule has 2 aromatic rings. The first-order valence-corrected chi connectivity index (χ1v) is 10.3. The van der Waals surface area contributed by atoms with Gasteiger partial charge in [0.15, 0.2) is 11.6 Å². The first kappa shape index (κ1) is 19.8. The average molecular weight is 400 g/mol. The number of benzene rings is 2. The van der Waals surface area contributed by atoms with E-state index < -0.39 is 0 Å². The highest BCUT2D eigenvalue weighted by Crippen LogP contribution is 2.25. The number of likely N-dealkylation sites (tertiary alicyclic amines) is 2. The Morgan fingerprint density at radius 3 is 2.31 bits per heavy atom. The zero-order valence-corrected chi connectivity index (χ0v) is 16.4. The topological polar surface area (TPSA) is 32.8 Å². The van der Waals surface area contributed by atoms with Crippen LogP contribution in [-0.2, 0) is 0 Å². The maximum atomic E-state index is 13.8. The van der Waals surface area contributed by atoms with Crippen LogP contribution < -0.4 is 4.74 Å². The van der Waals surface area contributed by atoms with Gasteiger partial charge in [0.1, 0.15) is 11.9 Å². The van der Waals surface area contributed by atoms with Crippen LogP contribution >= 0.6 is 0 Å². The minimum atomic E-state index is -0.383. The van der Waals surface area contributed by atoms with Gasteiger partial charge in [0.05, 0.1) is 0 Å². The number of hydrogen-bond donors (Lipinski definition) is 0. The highest BCUT2D eigenvalue weighted by molar-refractivity contribution is 5.94. The van der Waals surface area contributed by atoms with E-state index in [9.17, 15) is 13.6 Å². The van der Waals surface area contributed by atoms with Gasteiger partial charge in [-0.1, -0.05) is 18.2 Å². The molecule has 29 heavy (non-hydrogen) atoms. The summed E-state index contributed by atoms with van der Waals surface area (Å²) in [4.78, 5) is 16.9. The molecule has 0 saturated carbocycles. The average Bonchev–Trinajstić information content (AvgIpc) is 2.75. The fraction of sp³-hybridized carbons (Fsp3) is 0.435. The molecule has 0 radical (unpaired) electrons. The van der Waals surface area contributed by atoms with E-state index in [0.29, 0.717) is 30.4 Å². The lowest BCUT2D eigenvalue weighted by atomic mass is 9.98. The number of amides is 1. The van der Waals surface area contributed by atoms with Crippen LogP contribution in [0.25, 0.3) is 0 Å². The van der Waals surface area contributed by atoms with Crippen molar-refractivity contribution in [1.29, 1.82) is 0 Å². The highest BCUT2D eigenvalue weighted by atomic mass is 19.1. The van der Waals surface area contributed by atoms with E-state index in [1.54, 1.807) is 30.3 Å². The normalized spacial score (nSPS) is 19.3. The molecule has 2 fully saturated rings. The van der Waals surface area contributed by atoms with Crippen molar-refractivity contribution in [2.45, 2.75) is 37.8 Å². The molecule has 6 heteroatoms. The third-order valence-electron chi connectivity index (χ3n) is 5.95. The second-order valence-corrected chi connectivity index (χ2v) is 7.82. The second-order valence-electron chi connectivity index (χ2n) is 7.82. The van der Waals surface area contributed by atoms with Gasteiger partial charge in [-0.05, 0) is 56.0 Å². The number of carbonyl (C=O) groups is 1. The van der Waals surface area contributed by atoms with Gasteiger partial charge in [0.2, 0.25) is 0 Å². The van der Waals surface area contributed by atoms with Gasteiger partial charge in [-0.15, -0.1) is 0 Å². The standard InChI is InChI=1S/C23H26F2N2O2/c24-18-5-3-4-17(16-18)23(28)27-12-8-19(9-13-27)26-14-10-20(11-15-26)29-22-7-2-1-6-21(22)25/h1-7,16,19-20H,8-15H2. The van der Waals surface area contributed by atoms with Crippen molar-refractivity contribution in [2.24, 2.45) is 0 Å². The lowest BCUT2D eigenvalue weighted by Crippen LogP contribution is -2.50. The summed E-state index contributed by atoms with van der Waals surface area (Å²) in [5.74, 6) is -0.466. The summed E-state index contributed by atoms with van der Waals surface area (Å²) in [5.41, 5.74) is 0.412. The Balaban J connectivity index is 1.25. The summed E-state index contributed by atoms with van der Waals surface area (Å²) in [5, 5.41) is 0. The van der Waals surface area contributed by atoms with Crippen molar-refractivity contribution in [1.82, 2.24) is 9.80 Å². The minimum Gasteiger partial charge on any atom is -0.487 e. The Labute approximate surface area is 170 Å². The smallest absolute Gasteiger partial charge is 0.253 e. The van der Waals surface area contributed by atoms with Gasteiger partial charge in [0.25, 0.3) is 5.91 Å². The number of nitrogens with zero attached hydrogens (tertiary/aromatic N) is 2. The molecule has 154 valence electrons. The molecule has 2 saturated heterocycles. The Hall–Kier alpha value is -2.47. The number of ether oxygens (including phenoxy) is 1. The summed E-state index contributed by atoms with van der Waals surface area (Å²) in [6.07, 6.45) is 3.62. The van der Waals surface area contributed by atoms with E-state index in [-0.39, 0.29) is 23.6 Å². The van der Waals surface area contributed by atoms with E-state index in [2.05, 4.69) is 4.90 Å². The van der Waals surface area contributed by atoms with E-state index in [1.165, 1.54) is 18.2 Å². The molecule has 2 aromatic carbocycles. The zero-order chi connectivity index (χ0) is 20.2. The summed E-state index contributed by atoms with van der Waals surface area (Å²) < 4.78 is 33.0. The maximum Gasteiger partial charge on any atom is 0.253 e. The Morgan fingerprint density at radius 2 is 1.62 bits per heavy atom. The molecule has 2 aliphatic heterocycles. The number of rotatable bonds is 4. The predicted molar refractivity (Wildman–Crippen MR) is 107 cm³/mol. The van der Waals surface area contributed by atoms with Crippen LogP contribution in [0.2, 0.25) is 0 Å². The quantitative estimate of drug-likeness (QED) is 0.774. The lowest BCUT2D eigenvalue weighted by molar-refractivity contribution is 0.0416. The van der Waals surface area contributed by atoms with Crippen molar-refractivity contribution in [2.75, 3.05) is 26.2 Å². The van der Waals surface area contributed by atoms with Crippen LogP contribution in [-0.4, -0.2) is 54.0 Å². The summed E-state index contributed by atoms with van der Waals surface area (Å²) >= 11 is 0. The minimum absolute atomic E-state index is 0.0396. The Kier molecular flexibility index (Phi) is 6.09. The Bertz CT molecular complexity index is 844. The van der Waals surface area contributed by atoms with Gasteiger partial charge < -0.3 is 9.64 Å². The number of carbonyl (C=O) groups excluding carboxylic acids is 1. The molecule has 0 spiro atoms. The fourth-order valence-electron chi connectivity index (χ4n) is 4.32. The molecule has 2 aliphatic rings. The molecule has 4 rings (SSSR count). The van der Waals surface area contributed by atoms with E-state index in [4.69, 9.17) is 4.74 Å². The van der Waals surface area contributed by atoms with Gasteiger partial charge in [0, 0.05) is 37.8 Å². The van der Waals surface area contributed by atoms with Crippen LogP contribution in [0.5, 0.6) is 5.75 Å². The summed E-state index contributed by atoms with van der Waals surface area (Å²) in [7, 11) is 0. The van der Waals surface area contributed by atoms with Crippen molar-refractivity contribution in [3.8, 4) is 5.75 Å². The van der Waals surface area contributed by atoms with Gasteiger partial charge in [-0.3, -0.25) is 9.69 Å². The number of halogens is 2. The van der Waals surface area contributed by atoms with Crippen molar-refractivity contribution in [3.05, 3.63) is 65.7 Å². The molecule has 2 heterocycles. The summed E-state index contributed by atoms with van der Waals surface area (Å²) in [6.45, 7) is 3.21. The number of hydrogen-bond acceptors (Lipinski definition) is 3. The monoisotopic (exact) mass is 400 g/mol. The third-order valence-corrected chi connectivity index (χ3v) is 5.95. The van der Waals surface area contributed by atoms with Crippen LogP contribution in [0.15, 0.2) is 48.5 Å². The predicted octanol–water partition coefficient (Wildman–Crippen LogP) is 4.11. The number of para-hydroxylation sites is 1. The molecular formula is C23H26F2N2O2. The SMILES string of the molecule is O=C(c1cccc(F)c1)N1CCC(N2CCC(Oc3ccccc3F)CC2)CC1. The number of piperidine rings is 2. The van der Waals surface area contributed by atoms with Crippen LogP contribution in [0.1, 0.15) is 36.0 Å². The van der Waals surface area contributed by atoms with E-state index in [0.717, 1.165) is 38.8 Å². The third kappa shape index (κ3) is 4.75. The summed E-state index contributed by atoms with van der Waals surface area (Å²) in [6, 6.07) is 12.9. The van der Waals surface area contributed by atoms with Crippen molar-refractivity contribution < 1.29 is 18.3 Å². The molecular weight excluding hydrogens is 374 g/mol. The molecule has 0 bridgehead atoms. The fourth-order valence-corrected chi connectivity index (χ4v) is 4.32. The molecule has 0 aromatic heterocycles. The van der Waals surface area contributed by atoms with Crippen LogP contribution in [0.3, 0.4) is 0 Å². The van der Waals surface area contributed by atoms with Gasteiger partial charge >= 0.3 is 0 Å². The molecule has 0 atom stereocenters. The molecule has 4 nitrogen and oxygen atoms in total. The molecule has 0 unspecified atom stereocenters. The van der Waals surface area contributed by atoms with E-state index in [1.807, 2.05) is 4.90 Å². The van der Waals surface area contributed by atoms with Crippen molar-refractivity contribution in [3.63, 3.8) is 0 Å². The zero-order valence-electron chi connectivity index (χ0n) is 16.4. The molecule has 1 amide bonds.